The number of hydrogen-bond donors (Lipinski definition) is 2. The highest BCUT2D eigenvalue weighted by molar-refractivity contribution is 9.10. The molecule has 5 nitrogen and oxygen atoms in total. The first-order valence-electron chi connectivity index (χ1n) is 7.75. The van der Waals surface area contributed by atoms with Crippen molar-refractivity contribution in [2.75, 3.05) is 19.0 Å². The van der Waals surface area contributed by atoms with E-state index in [2.05, 4.69) is 26.6 Å². The highest BCUT2D eigenvalue weighted by atomic mass is 79.9. The average molecular weight is 460 g/mol. The van der Waals surface area contributed by atoms with Gasteiger partial charge in [0.05, 0.1) is 9.50 Å². The van der Waals surface area contributed by atoms with E-state index >= 15 is 0 Å². The van der Waals surface area contributed by atoms with Gasteiger partial charge in [0.15, 0.2) is 12.4 Å². The molecule has 8 heteroatoms. The van der Waals surface area contributed by atoms with Crippen molar-refractivity contribution in [3.8, 4) is 5.75 Å². The van der Waals surface area contributed by atoms with Crippen molar-refractivity contribution < 1.29 is 14.3 Å². The Balaban J connectivity index is 1.87. The summed E-state index contributed by atoms with van der Waals surface area (Å²) < 4.78 is 6.04. The van der Waals surface area contributed by atoms with Crippen LogP contribution >= 0.6 is 39.1 Å². The molecule has 0 unspecified atom stereocenters. The molecule has 2 rings (SSSR count). The van der Waals surface area contributed by atoms with Gasteiger partial charge in [-0.1, -0.05) is 35.3 Å². The van der Waals surface area contributed by atoms with Gasteiger partial charge in [0.1, 0.15) is 0 Å². The molecule has 2 N–H and O–H groups in total. The molecule has 0 atom stereocenters. The van der Waals surface area contributed by atoms with E-state index in [9.17, 15) is 9.59 Å². The van der Waals surface area contributed by atoms with E-state index in [1.54, 1.807) is 31.3 Å². The van der Waals surface area contributed by atoms with Crippen molar-refractivity contribution in [1.29, 1.82) is 0 Å². The molecule has 2 aromatic carbocycles. The number of anilines is 1. The summed E-state index contributed by atoms with van der Waals surface area (Å²) in [5, 5.41) is 6.10. The predicted molar refractivity (Wildman–Crippen MR) is 107 cm³/mol. The minimum Gasteiger partial charge on any atom is -0.481 e. The number of nitrogens with one attached hydrogen (secondary N) is 2. The number of carbonyl (C=O) groups is 2. The van der Waals surface area contributed by atoms with Gasteiger partial charge in [0.25, 0.3) is 5.91 Å². The summed E-state index contributed by atoms with van der Waals surface area (Å²) in [6.45, 7) is -0.196. The van der Waals surface area contributed by atoms with Crippen LogP contribution in [0.2, 0.25) is 10.0 Å². The summed E-state index contributed by atoms with van der Waals surface area (Å²) in [6, 6.07) is 10.5. The summed E-state index contributed by atoms with van der Waals surface area (Å²) in [7, 11) is 1.61. The molecule has 0 aliphatic heterocycles. The maximum absolute atomic E-state index is 12.0. The monoisotopic (exact) mass is 458 g/mol. The van der Waals surface area contributed by atoms with Crippen LogP contribution in [0.3, 0.4) is 0 Å². The number of aryl methyl sites for hydroxylation is 1. The lowest BCUT2D eigenvalue weighted by Gasteiger charge is -2.11. The third kappa shape index (κ3) is 6.20. The standard InChI is InChI=1S/C18H17BrCl2N2O3/c1-22-16(24)7-4-11-2-5-13(6-3-11)23-17(25)10-26-18-14(19)8-12(20)9-15(18)21/h2-3,5-6,8-9H,4,7,10H2,1H3,(H,22,24)(H,23,25). The Bertz CT molecular complexity index is 775. The lowest BCUT2D eigenvalue weighted by molar-refractivity contribution is -0.120. The Morgan fingerprint density at radius 2 is 1.81 bits per heavy atom. The molecule has 0 saturated carbocycles. The van der Waals surface area contributed by atoms with Crippen LogP contribution in [0.25, 0.3) is 0 Å². The van der Waals surface area contributed by atoms with Crippen molar-refractivity contribution in [2.45, 2.75) is 12.8 Å². The van der Waals surface area contributed by atoms with Gasteiger partial charge in [-0.25, -0.2) is 0 Å². The van der Waals surface area contributed by atoms with E-state index < -0.39 is 0 Å². The number of benzene rings is 2. The van der Waals surface area contributed by atoms with Crippen LogP contribution in [0.5, 0.6) is 5.75 Å². The zero-order valence-corrected chi connectivity index (χ0v) is 17.0. The maximum Gasteiger partial charge on any atom is 0.262 e. The van der Waals surface area contributed by atoms with Crippen molar-refractivity contribution >= 4 is 56.6 Å². The van der Waals surface area contributed by atoms with Crippen LogP contribution in [-0.2, 0) is 16.0 Å². The van der Waals surface area contributed by atoms with Gasteiger partial charge in [-0.05, 0) is 52.2 Å². The highest BCUT2D eigenvalue weighted by Gasteiger charge is 2.11. The van der Waals surface area contributed by atoms with Gasteiger partial charge >= 0.3 is 0 Å². The van der Waals surface area contributed by atoms with E-state index in [-0.39, 0.29) is 18.4 Å². The molecule has 26 heavy (non-hydrogen) atoms. The Labute approximate surface area is 170 Å². The number of hydrogen-bond acceptors (Lipinski definition) is 3. The van der Waals surface area contributed by atoms with E-state index in [4.69, 9.17) is 27.9 Å². The van der Waals surface area contributed by atoms with Crippen molar-refractivity contribution in [3.63, 3.8) is 0 Å². The number of ether oxygens (including phenoxy) is 1. The number of carbonyl (C=O) groups excluding carboxylic acids is 2. The SMILES string of the molecule is CNC(=O)CCc1ccc(NC(=O)COc2c(Cl)cc(Cl)cc2Br)cc1. The number of amides is 2. The Morgan fingerprint density at radius 3 is 2.42 bits per heavy atom. The third-order valence-electron chi connectivity index (χ3n) is 3.47. The minimum atomic E-state index is -0.318. The smallest absolute Gasteiger partial charge is 0.262 e. The molecule has 138 valence electrons. The number of rotatable bonds is 7. The Kier molecular flexibility index (Phi) is 7.75. The molecule has 0 spiro atoms. The largest absolute Gasteiger partial charge is 0.481 e. The van der Waals surface area contributed by atoms with E-state index in [1.165, 1.54) is 0 Å². The zero-order chi connectivity index (χ0) is 19.1. The van der Waals surface area contributed by atoms with Crippen molar-refractivity contribution in [1.82, 2.24) is 5.32 Å². The summed E-state index contributed by atoms with van der Waals surface area (Å²) in [5.74, 6) is 0.0309. The second-order valence-corrected chi connectivity index (χ2v) is 7.10. The molecule has 0 aliphatic carbocycles. The maximum atomic E-state index is 12.0. The Hall–Kier alpha value is -1.76. The molecule has 0 radical (unpaired) electrons. The van der Waals surface area contributed by atoms with Gasteiger partial charge in [-0.15, -0.1) is 0 Å². The lowest BCUT2D eigenvalue weighted by Crippen LogP contribution is -2.20. The molecular weight excluding hydrogens is 443 g/mol. The summed E-state index contributed by atoms with van der Waals surface area (Å²) in [6.07, 6.45) is 1.06. The molecule has 2 aromatic rings. The second kappa shape index (κ2) is 9.80. The predicted octanol–water partition coefficient (Wildman–Crippen LogP) is 4.45. The summed E-state index contributed by atoms with van der Waals surface area (Å²) in [5.41, 5.74) is 1.66. The molecular formula is C18H17BrCl2N2O3. The van der Waals surface area contributed by atoms with Crippen LogP contribution in [0.15, 0.2) is 40.9 Å². The van der Waals surface area contributed by atoms with E-state index in [1.807, 2.05) is 12.1 Å². The number of halogens is 3. The zero-order valence-electron chi connectivity index (χ0n) is 13.9. The molecule has 2 amide bonds. The fourth-order valence-corrected chi connectivity index (χ4v) is 3.51. The van der Waals surface area contributed by atoms with Crippen LogP contribution in [-0.4, -0.2) is 25.5 Å². The molecule has 0 fully saturated rings. The second-order valence-electron chi connectivity index (χ2n) is 5.41. The Morgan fingerprint density at radius 1 is 1.12 bits per heavy atom. The molecule has 0 saturated heterocycles. The van der Waals surface area contributed by atoms with Crippen LogP contribution < -0.4 is 15.4 Å². The normalized spacial score (nSPS) is 10.3. The molecule has 0 aliphatic rings. The van der Waals surface area contributed by atoms with Gasteiger partial charge in [0.2, 0.25) is 5.91 Å². The van der Waals surface area contributed by atoms with Crippen molar-refractivity contribution in [3.05, 3.63) is 56.5 Å². The third-order valence-corrected chi connectivity index (χ3v) is 4.56. The summed E-state index contributed by atoms with van der Waals surface area (Å²) >= 11 is 15.2. The topological polar surface area (TPSA) is 67.4 Å². The quantitative estimate of drug-likeness (QED) is 0.642. The van der Waals surface area contributed by atoms with Crippen LogP contribution in [0.1, 0.15) is 12.0 Å². The van der Waals surface area contributed by atoms with Crippen molar-refractivity contribution in [2.24, 2.45) is 0 Å². The van der Waals surface area contributed by atoms with Gasteiger partial charge in [-0.3, -0.25) is 9.59 Å². The average Bonchev–Trinajstić information content (AvgIpc) is 2.59. The van der Waals surface area contributed by atoms with Gasteiger partial charge in [-0.2, -0.15) is 0 Å². The molecule has 0 aromatic heterocycles. The van der Waals surface area contributed by atoms with E-state index in [0.29, 0.717) is 38.8 Å². The summed E-state index contributed by atoms with van der Waals surface area (Å²) in [4.78, 5) is 23.3. The first-order valence-corrected chi connectivity index (χ1v) is 9.30. The van der Waals surface area contributed by atoms with Crippen LogP contribution in [0.4, 0.5) is 5.69 Å². The lowest BCUT2D eigenvalue weighted by atomic mass is 10.1. The minimum absolute atomic E-state index is 0.00782. The van der Waals surface area contributed by atoms with Crippen LogP contribution in [0, 0.1) is 0 Å². The first-order chi connectivity index (χ1) is 12.4. The molecule has 0 bridgehead atoms. The van der Waals surface area contributed by atoms with Gasteiger partial charge in [0, 0.05) is 24.2 Å². The van der Waals surface area contributed by atoms with E-state index in [0.717, 1.165) is 5.56 Å². The fraction of sp³-hybridized carbons (Fsp3) is 0.222. The first kappa shape index (κ1) is 20.6. The fourth-order valence-electron chi connectivity index (χ4n) is 2.14. The molecule has 0 heterocycles. The highest BCUT2D eigenvalue weighted by Crippen LogP contribution is 2.35. The van der Waals surface area contributed by atoms with Gasteiger partial charge < -0.3 is 15.4 Å².